The Kier molecular flexibility index (Phi) is 3.54. The molecule has 0 atom stereocenters. The minimum atomic E-state index is 0.533. The number of hydrogen-bond acceptors (Lipinski definition) is 3. The second-order valence-electron chi connectivity index (χ2n) is 4.40. The first-order chi connectivity index (χ1) is 8.22. The van der Waals surface area contributed by atoms with Crippen molar-refractivity contribution >= 4 is 17.2 Å². The van der Waals surface area contributed by atoms with Crippen molar-refractivity contribution in [3.63, 3.8) is 0 Å². The molecule has 0 aliphatic heterocycles. The van der Waals surface area contributed by atoms with Crippen LogP contribution in [0.3, 0.4) is 0 Å². The van der Waals surface area contributed by atoms with E-state index in [1.807, 2.05) is 28.9 Å². The lowest BCUT2D eigenvalue weighted by molar-refractivity contribution is 0.111. The molecule has 1 aromatic heterocycles. The average Bonchev–Trinajstić information content (AvgIpc) is 2.68. The molecule has 1 aromatic carbocycles. The third-order valence-corrected chi connectivity index (χ3v) is 2.77. The van der Waals surface area contributed by atoms with Gasteiger partial charge in [0.05, 0.1) is 5.52 Å². The number of carbonyl (C=O) groups is 1. The van der Waals surface area contributed by atoms with Crippen molar-refractivity contribution in [3.05, 3.63) is 30.0 Å². The number of rotatable bonds is 5. The topological polar surface area (TPSA) is 38.1 Å². The van der Waals surface area contributed by atoms with E-state index in [2.05, 4.69) is 24.1 Å². The molecule has 0 saturated carbocycles. The first-order valence-electron chi connectivity index (χ1n) is 5.78. The van der Waals surface area contributed by atoms with Crippen LogP contribution in [0, 0.1) is 0 Å². The van der Waals surface area contributed by atoms with Gasteiger partial charge in [-0.25, -0.2) is 0 Å². The summed E-state index contributed by atoms with van der Waals surface area (Å²) >= 11 is 0. The van der Waals surface area contributed by atoms with E-state index in [-0.39, 0.29) is 0 Å². The fourth-order valence-corrected chi connectivity index (χ4v) is 1.95. The van der Waals surface area contributed by atoms with E-state index in [9.17, 15) is 4.79 Å². The van der Waals surface area contributed by atoms with Gasteiger partial charge in [0.15, 0.2) is 6.29 Å². The first-order valence-corrected chi connectivity index (χ1v) is 5.78. The highest BCUT2D eigenvalue weighted by molar-refractivity contribution is 5.95. The van der Waals surface area contributed by atoms with Crippen LogP contribution in [0.15, 0.2) is 24.3 Å². The Morgan fingerprint density at radius 3 is 2.82 bits per heavy atom. The van der Waals surface area contributed by atoms with Crippen LogP contribution in [0.2, 0.25) is 0 Å². The summed E-state index contributed by atoms with van der Waals surface area (Å²) in [5.74, 6) is 0. The fraction of sp³-hybridized carbons (Fsp3) is 0.385. The molecule has 2 aromatic rings. The molecule has 1 heterocycles. The molecule has 2 rings (SSSR count). The Balaban J connectivity index is 2.25. The summed E-state index contributed by atoms with van der Waals surface area (Å²) in [6, 6.07) is 7.85. The lowest BCUT2D eigenvalue weighted by Crippen LogP contribution is -2.15. The van der Waals surface area contributed by atoms with Gasteiger partial charge >= 0.3 is 0 Å². The molecule has 0 spiro atoms. The van der Waals surface area contributed by atoms with Gasteiger partial charge in [-0.15, -0.1) is 0 Å². The van der Waals surface area contributed by atoms with E-state index in [1.54, 1.807) is 0 Å². The summed E-state index contributed by atoms with van der Waals surface area (Å²) in [7, 11) is 4.11. The van der Waals surface area contributed by atoms with Crippen LogP contribution in [0.1, 0.15) is 16.9 Å². The predicted octanol–water partition coefficient (Wildman–Crippen LogP) is 1.80. The van der Waals surface area contributed by atoms with Gasteiger partial charge in [-0.05, 0) is 33.1 Å². The Morgan fingerprint density at radius 1 is 1.35 bits per heavy atom. The zero-order chi connectivity index (χ0) is 12.3. The SMILES string of the molecule is CN(C)CCCn1nc(C=O)c2ccccc21. The summed E-state index contributed by atoms with van der Waals surface area (Å²) in [4.78, 5) is 13.1. The van der Waals surface area contributed by atoms with E-state index in [0.717, 1.165) is 36.7 Å². The van der Waals surface area contributed by atoms with E-state index in [1.165, 1.54) is 0 Å². The number of nitrogens with zero attached hydrogens (tertiary/aromatic N) is 3. The van der Waals surface area contributed by atoms with Crippen molar-refractivity contribution < 1.29 is 4.79 Å². The molecule has 4 nitrogen and oxygen atoms in total. The summed E-state index contributed by atoms with van der Waals surface area (Å²) in [5, 5.41) is 5.27. The molecule has 0 fully saturated rings. The molecule has 0 aliphatic rings. The molecule has 0 aliphatic carbocycles. The zero-order valence-electron chi connectivity index (χ0n) is 10.3. The Morgan fingerprint density at radius 2 is 2.12 bits per heavy atom. The standard InChI is InChI=1S/C13H17N3O/c1-15(2)8-5-9-16-13-7-4-3-6-11(13)12(10-17)14-16/h3-4,6-7,10H,5,8-9H2,1-2H3. The number of carbonyl (C=O) groups excluding carboxylic acids is 1. The van der Waals surface area contributed by atoms with Crippen LogP contribution in [-0.2, 0) is 6.54 Å². The van der Waals surface area contributed by atoms with Crippen LogP contribution in [0.4, 0.5) is 0 Å². The quantitative estimate of drug-likeness (QED) is 0.736. The third-order valence-electron chi connectivity index (χ3n) is 2.77. The lowest BCUT2D eigenvalue weighted by Gasteiger charge is -2.09. The van der Waals surface area contributed by atoms with Crippen molar-refractivity contribution in [3.8, 4) is 0 Å². The maximum atomic E-state index is 10.9. The van der Waals surface area contributed by atoms with Gasteiger partial charge in [0.2, 0.25) is 0 Å². The third kappa shape index (κ3) is 2.53. The molecule has 0 N–H and O–H groups in total. The maximum Gasteiger partial charge on any atom is 0.170 e. The molecule has 90 valence electrons. The number of aromatic nitrogens is 2. The van der Waals surface area contributed by atoms with E-state index in [0.29, 0.717) is 5.69 Å². The van der Waals surface area contributed by atoms with Gasteiger partial charge in [0.25, 0.3) is 0 Å². The van der Waals surface area contributed by atoms with E-state index in [4.69, 9.17) is 0 Å². The molecule has 0 radical (unpaired) electrons. The second kappa shape index (κ2) is 5.10. The highest BCUT2D eigenvalue weighted by atomic mass is 16.1. The largest absolute Gasteiger partial charge is 0.309 e. The van der Waals surface area contributed by atoms with Gasteiger partial charge in [0, 0.05) is 11.9 Å². The molecule has 0 unspecified atom stereocenters. The van der Waals surface area contributed by atoms with Crippen LogP contribution in [-0.4, -0.2) is 41.6 Å². The second-order valence-corrected chi connectivity index (χ2v) is 4.40. The molecule has 17 heavy (non-hydrogen) atoms. The number of para-hydroxylation sites is 1. The van der Waals surface area contributed by atoms with Crippen LogP contribution >= 0.6 is 0 Å². The molecular formula is C13H17N3O. The number of fused-ring (bicyclic) bond motifs is 1. The minimum absolute atomic E-state index is 0.533. The monoisotopic (exact) mass is 231 g/mol. The number of hydrogen-bond donors (Lipinski definition) is 0. The number of aldehydes is 1. The van der Waals surface area contributed by atoms with E-state index >= 15 is 0 Å². The van der Waals surface area contributed by atoms with E-state index < -0.39 is 0 Å². The molecule has 4 heteroatoms. The normalized spacial score (nSPS) is 11.2. The van der Waals surface area contributed by atoms with Gasteiger partial charge in [-0.3, -0.25) is 9.48 Å². The number of aryl methyl sites for hydroxylation is 1. The van der Waals surface area contributed by atoms with Crippen LogP contribution < -0.4 is 0 Å². The van der Waals surface area contributed by atoms with Crippen LogP contribution in [0.25, 0.3) is 10.9 Å². The Bertz CT molecular complexity index is 516. The first kappa shape index (κ1) is 11.8. The fourth-order valence-electron chi connectivity index (χ4n) is 1.95. The van der Waals surface area contributed by atoms with Gasteiger partial charge in [-0.2, -0.15) is 5.10 Å². The highest BCUT2D eigenvalue weighted by Crippen LogP contribution is 2.17. The van der Waals surface area contributed by atoms with Crippen molar-refractivity contribution in [1.29, 1.82) is 0 Å². The molecule has 0 amide bonds. The van der Waals surface area contributed by atoms with Gasteiger partial charge in [0.1, 0.15) is 5.69 Å². The molecule has 0 saturated heterocycles. The van der Waals surface area contributed by atoms with Crippen molar-refractivity contribution in [2.24, 2.45) is 0 Å². The zero-order valence-corrected chi connectivity index (χ0v) is 10.3. The van der Waals surface area contributed by atoms with Crippen molar-refractivity contribution in [2.45, 2.75) is 13.0 Å². The summed E-state index contributed by atoms with van der Waals surface area (Å²) in [6.07, 6.45) is 1.85. The Labute approximate surface area is 101 Å². The smallest absolute Gasteiger partial charge is 0.170 e. The average molecular weight is 231 g/mol. The summed E-state index contributed by atoms with van der Waals surface area (Å²) in [6.45, 7) is 1.86. The number of benzene rings is 1. The van der Waals surface area contributed by atoms with Crippen molar-refractivity contribution in [2.75, 3.05) is 20.6 Å². The predicted molar refractivity (Wildman–Crippen MR) is 68.3 cm³/mol. The molecule has 0 bridgehead atoms. The Hall–Kier alpha value is -1.68. The lowest BCUT2D eigenvalue weighted by atomic mass is 10.2. The minimum Gasteiger partial charge on any atom is -0.309 e. The highest BCUT2D eigenvalue weighted by Gasteiger charge is 2.08. The maximum absolute atomic E-state index is 10.9. The molecular weight excluding hydrogens is 214 g/mol. The van der Waals surface area contributed by atoms with Crippen LogP contribution in [0.5, 0.6) is 0 Å². The van der Waals surface area contributed by atoms with Crippen molar-refractivity contribution in [1.82, 2.24) is 14.7 Å². The summed E-state index contributed by atoms with van der Waals surface area (Å²) < 4.78 is 1.92. The summed E-state index contributed by atoms with van der Waals surface area (Å²) in [5.41, 5.74) is 1.57. The van der Waals surface area contributed by atoms with Gasteiger partial charge < -0.3 is 4.90 Å². The van der Waals surface area contributed by atoms with Gasteiger partial charge in [-0.1, -0.05) is 18.2 Å².